The maximum Gasteiger partial charge on any atom is 0.222 e. The highest BCUT2D eigenvalue weighted by Gasteiger charge is 2.31. The van der Waals surface area contributed by atoms with Gasteiger partial charge in [0, 0.05) is 38.6 Å². The molecule has 1 fully saturated rings. The Kier molecular flexibility index (Phi) is 5.35. The fourth-order valence-electron chi connectivity index (χ4n) is 4.34. The topological polar surface area (TPSA) is 23.6 Å². The van der Waals surface area contributed by atoms with Crippen molar-refractivity contribution in [2.24, 2.45) is 0 Å². The third-order valence-corrected chi connectivity index (χ3v) is 5.89. The van der Waals surface area contributed by atoms with E-state index in [1.165, 1.54) is 16.7 Å². The Morgan fingerprint density at radius 1 is 0.962 bits per heavy atom. The molecule has 0 bridgehead atoms. The van der Waals surface area contributed by atoms with Crippen LogP contribution in [0.5, 0.6) is 0 Å². The molecule has 2 aliphatic rings. The number of hydrogen-bond donors (Lipinski definition) is 0. The number of fused-ring (bicyclic) bond motifs is 1. The van der Waals surface area contributed by atoms with Gasteiger partial charge in [-0.15, -0.1) is 0 Å². The number of likely N-dealkylation sites (tertiary alicyclic amines) is 1. The predicted octanol–water partition coefficient (Wildman–Crippen LogP) is 3.67. The van der Waals surface area contributed by atoms with Crippen LogP contribution in [0.3, 0.4) is 0 Å². The first-order valence-electron chi connectivity index (χ1n) is 9.92. The minimum atomic E-state index is 0.334. The molecule has 0 saturated carbocycles. The lowest BCUT2D eigenvalue weighted by Crippen LogP contribution is -2.41. The van der Waals surface area contributed by atoms with Crippen LogP contribution in [0.15, 0.2) is 54.6 Å². The zero-order valence-corrected chi connectivity index (χ0v) is 15.4. The van der Waals surface area contributed by atoms with Crippen LogP contribution in [0.25, 0.3) is 0 Å². The highest BCUT2D eigenvalue weighted by atomic mass is 16.2. The minimum Gasteiger partial charge on any atom is -0.341 e. The number of nitrogens with zero attached hydrogens (tertiary/aromatic N) is 2. The number of aryl methyl sites for hydroxylation is 1. The molecule has 4 rings (SSSR count). The van der Waals surface area contributed by atoms with Crippen LogP contribution in [-0.4, -0.2) is 41.4 Å². The van der Waals surface area contributed by atoms with Crippen molar-refractivity contribution in [3.63, 3.8) is 0 Å². The van der Waals surface area contributed by atoms with Gasteiger partial charge in [-0.1, -0.05) is 54.6 Å². The second kappa shape index (κ2) is 8.05. The molecule has 0 aliphatic carbocycles. The lowest BCUT2D eigenvalue weighted by molar-refractivity contribution is -0.130. The Morgan fingerprint density at radius 2 is 1.73 bits per heavy atom. The molecule has 1 atom stereocenters. The lowest BCUT2D eigenvalue weighted by atomic mass is 9.98. The summed E-state index contributed by atoms with van der Waals surface area (Å²) in [5.41, 5.74) is 4.29. The zero-order chi connectivity index (χ0) is 17.8. The van der Waals surface area contributed by atoms with Crippen molar-refractivity contribution < 1.29 is 4.79 Å². The Morgan fingerprint density at radius 3 is 2.58 bits per heavy atom. The van der Waals surface area contributed by atoms with E-state index in [2.05, 4.69) is 58.3 Å². The van der Waals surface area contributed by atoms with Crippen molar-refractivity contribution in [1.82, 2.24) is 9.80 Å². The zero-order valence-electron chi connectivity index (χ0n) is 15.4. The number of amides is 1. The highest BCUT2D eigenvalue weighted by Crippen LogP contribution is 2.25. The van der Waals surface area contributed by atoms with Gasteiger partial charge in [0.2, 0.25) is 5.91 Å². The second-order valence-electron chi connectivity index (χ2n) is 7.61. The molecule has 0 unspecified atom stereocenters. The number of carbonyl (C=O) groups excluding carboxylic acids is 1. The molecule has 3 heteroatoms. The summed E-state index contributed by atoms with van der Waals surface area (Å²) in [7, 11) is 0. The van der Waals surface area contributed by atoms with Crippen LogP contribution in [0, 0.1) is 0 Å². The summed E-state index contributed by atoms with van der Waals surface area (Å²) in [5, 5.41) is 0. The van der Waals surface area contributed by atoms with Crippen LogP contribution < -0.4 is 0 Å². The molecule has 3 nitrogen and oxygen atoms in total. The van der Waals surface area contributed by atoms with Gasteiger partial charge in [0.1, 0.15) is 0 Å². The van der Waals surface area contributed by atoms with Gasteiger partial charge in [-0.25, -0.2) is 0 Å². The van der Waals surface area contributed by atoms with E-state index in [4.69, 9.17) is 0 Å². The van der Waals surface area contributed by atoms with Crippen molar-refractivity contribution in [2.75, 3.05) is 19.6 Å². The van der Waals surface area contributed by atoms with Crippen molar-refractivity contribution in [2.45, 2.75) is 44.7 Å². The van der Waals surface area contributed by atoms with Gasteiger partial charge in [-0.2, -0.15) is 0 Å². The summed E-state index contributed by atoms with van der Waals surface area (Å²) in [5.74, 6) is 0.334. The summed E-state index contributed by atoms with van der Waals surface area (Å²) in [4.78, 5) is 17.2. The normalized spacial score (nSPS) is 20.2. The fourth-order valence-corrected chi connectivity index (χ4v) is 4.34. The third-order valence-electron chi connectivity index (χ3n) is 5.89. The largest absolute Gasteiger partial charge is 0.341 e. The first kappa shape index (κ1) is 17.3. The Labute approximate surface area is 156 Å². The predicted molar refractivity (Wildman–Crippen MR) is 105 cm³/mol. The van der Waals surface area contributed by atoms with E-state index in [1.807, 2.05) is 6.07 Å². The first-order chi connectivity index (χ1) is 12.8. The van der Waals surface area contributed by atoms with Crippen molar-refractivity contribution >= 4 is 5.91 Å². The SMILES string of the molecule is O=C(CCCc1ccccc1)N1CC[C@H](N2CCc3ccccc3C2)C1. The minimum absolute atomic E-state index is 0.334. The average molecular weight is 348 g/mol. The Hall–Kier alpha value is -2.13. The molecule has 26 heavy (non-hydrogen) atoms. The van der Waals surface area contributed by atoms with Crippen molar-refractivity contribution in [3.05, 3.63) is 71.3 Å². The molecular formula is C23H28N2O. The molecule has 2 heterocycles. The molecule has 1 saturated heterocycles. The Balaban J connectivity index is 1.25. The number of benzene rings is 2. The van der Waals surface area contributed by atoms with Crippen LogP contribution in [0.1, 0.15) is 36.0 Å². The van der Waals surface area contributed by atoms with Gasteiger partial charge < -0.3 is 4.90 Å². The van der Waals surface area contributed by atoms with E-state index in [1.54, 1.807) is 0 Å². The molecule has 2 aromatic rings. The monoisotopic (exact) mass is 348 g/mol. The second-order valence-corrected chi connectivity index (χ2v) is 7.61. The van der Waals surface area contributed by atoms with E-state index in [9.17, 15) is 4.79 Å². The first-order valence-corrected chi connectivity index (χ1v) is 9.92. The summed E-state index contributed by atoms with van der Waals surface area (Å²) < 4.78 is 0. The van der Waals surface area contributed by atoms with E-state index < -0.39 is 0 Å². The maximum atomic E-state index is 12.6. The van der Waals surface area contributed by atoms with E-state index >= 15 is 0 Å². The molecule has 0 spiro atoms. The van der Waals surface area contributed by atoms with Gasteiger partial charge >= 0.3 is 0 Å². The third kappa shape index (κ3) is 3.99. The average Bonchev–Trinajstić information content (AvgIpc) is 3.19. The van der Waals surface area contributed by atoms with Crippen LogP contribution >= 0.6 is 0 Å². The summed E-state index contributed by atoms with van der Waals surface area (Å²) in [6.45, 7) is 3.99. The standard InChI is InChI=1S/C23H28N2O/c26-23(12-6-9-19-7-2-1-3-8-19)25-16-14-22(18-25)24-15-13-20-10-4-5-11-21(20)17-24/h1-5,7-8,10-11,22H,6,9,12-18H2/t22-/m0/s1. The molecule has 0 N–H and O–H groups in total. The van der Waals surface area contributed by atoms with Gasteiger partial charge in [0.15, 0.2) is 0 Å². The van der Waals surface area contributed by atoms with Gasteiger partial charge in [0.25, 0.3) is 0 Å². The van der Waals surface area contributed by atoms with E-state index in [0.29, 0.717) is 18.4 Å². The molecular weight excluding hydrogens is 320 g/mol. The molecule has 136 valence electrons. The van der Waals surface area contributed by atoms with Crippen molar-refractivity contribution in [1.29, 1.82) is 0 Å². The van der Waals surface area contributed by atoms with E-state index in [-0.39, 0.29) is 0 Å². The number of hydrogen-bond acceptors (Lipinski definition) is 2. The maximum absolute atomic E-state index is 12.6. The number of carbonyl (C=O) groups is 1. The molecule has 2 aliphatic heterocycles. The fraction of sp³-hybridized carbons (Fsp3) is 0.435. The summed E-state index contributed by atoms with van der Waals surface area (Å²) in [6.07, 6.45) is 4.86. The molecule has 0 radical (unpaired) electrons. The summed E-state index contributed by atoms with van der Waals surface area (Å²) in [6, 6.07) is 19.8. The quantitative estimate of drug-likeness (QED) is 0.823. The highest BCUT2D eigenvalue weighted by molar-refractivity contribution is 5.76. The summed E-state index contributed by atoms with van der Waals surface area (Å²) >= 11 is 0. The van der Waals surface area contributed by atoms with Crippen molar-refractivity contribution in [3.8, 4) is 0 Å². The van der Waals surface area contributed by atoms with Crippen LogP contribution in [0.2, 0.25) is 0 Å². The lowest BCUT2D eigenvalue weighted by Gasteiger charge is -2.33. The van der Waals surface area contributed by atoms with E-state index in [0.717, 1.165) is 51.9 Å². The van der Waals surface area contributed by atoms with Gasteiger partial charge in [-0.3, -0.25) is 9.69 Å². The molecule has 0 aromatic heterocycles. The smallest absolute Gasteiger partial charge is 0.222 e. The Bertz CT molecular complexity index is 743. The number of rotatable bonds is 5. The van der Waals surface area contributed by atoms with Crippen LogP contribution in [0.4, 0.5) is 0 Å². The molecule has 1 amide bonds. The molecule has 2 aromatic carbocycles. The van der Waals surface area contributed by atoms with Gasteiger partial charge in [0.05, 0.1) is 0 Å². The van der Waals surface area contributed by atoms with Crippen LogP contribution in [-0.2, 0) is 24.2 Å². The van der Waals surface area contributed by atoms with Gasteiger partial charge in [-0.05, 0) is 42.4 Å².